The summed E-state index contributed by atoms with van der Waals surface area (Å²) in [6, 6.07) is 13.9. The van der Waals surface area contributed by atoms with Gasteiger partial charge in [-0.25, -0.2) is 4.98 Å². The number of rotatable bonds is 1. The Hall–Kier alpha value is -2.75. The normalized spacial score (nSPS) is 15.4. The fraction of sp³-hybridized carbons (Fsp3) is 0.211. The Morgan fingerprint density at radius 1 is 1.04 bits per heavy atom. The SMILES string of the molecule is CC1(C)Cc2cccc(-c3cc4c(N)cccc4nc3N)c2O1. The molecule has 23 heavy (non-hydrogen) atoms. The molecular formula is C19H19N3O. The molecule has 4 nitrogen and oxygen atoms in total. The van der Waals surface area contributed by atoms with Crippen LogP contribution in [0.4, 0.5) is 11.5 Å². The van der Waals surface area contributed by atoms with Crippen LogP contribution in [-0.2, 0) is 6.42 Å². The van der Waals surface area contributed by atoms with E-state index >= 15 is 0 Å². The summed E-state index contributed by atoms with van der Waals surface area (Å²) in [5.74, 6) is 1.39. The first-order chi connectivity index (χ1) is 10.9. The molecule has 0 bridgehead atoms. The van der Waals surface area contributed by atoms with Crippen molar-refractivity contribution in [1.82, 2.24) is 4.98 Å². The number of nitrogens with two attached hydrogens (primary N) is 2. The maximum Gasteiger partial charge on any atom is 0.132 e. The number of benzene rings is 2. The highest BCUT2D eigenvalue weighted by molar-refractivity contribution is 5.96. The molecule has 0 saturated heterocycles. The maximum atomic E-state index is 6.22. The summed E-state index contributed by atoms with van der Waals surface area (Å²) in [5.41, 5.74) is 16.7. The van der Waals surface area contributed by atoms with E-state index in [2.05, 4.69) is 24.9 Å². The zero-order valence-electron chi connectivity index (χ0n) is 13.3. The number of para-hydroxylation sites is 1. The van der Waals surface area contributed by atoms with Crippen molar-refractivity contribution in [2.45, 2.75) is 25.9 Å². The molecule has 0 saturated carbocycles. The van der Waals surface area contributed by atoms with Crippen molar-refractivity contribution in [2.75, 3.05) is 11.5 Å². The van der Waals surface area contributed by atoms with Crippen molar-refractivity contribution >= 4 is 22.4 Å². The predicted molar refractivity (Wildman–Crippen MR) is 94.4 cm³/mol. The van der Waals surface area contributed by atoms with E-state index < -0.39 is 0 Å². The second-order valence-corrected chi connectivity index (χ2v) is 6.67. The maximum absolute atomic E-state index is 6.22. The van der Waals surface area contributed by atoms with Crippen molar-refractivity contribution in [3.8, 4) is 16.9 Å². The lowest BCUT2D eigenvalue weighted by atomic mass is 9.97. The van der Waals surface area contributed by atoms with E-state index in [4.69, 9.17) is 16.2 Å². The molecule has 3 aromatic rings. The van der Waals surface area contributed by atoms with Crippen LogP contribution >= 0.6 is 0 Å². The molecule has 2 aromatic carbocycles. The highest BCUT2D eigenvalue weighted by Gasteiger charge is 2.32. The van der Waals surface area contributed by atoms with Gasteiger partial charge in [-0.05, 0) is 37.6 Å². The number of hydrogen-bond acceptors (Lipinski definition) is 4. The van der Waals surface area contributed by atoms with E-state index in [1.54, 1.807) is 0 Å². The Kier molecular flexibility index (Phi) is 2.79. The van der Waals surface area contributed by atoms with Crippen molar-refractivity contribution in [3.63, 3.8) is 0 Å². The van der Waals surface area contributed by atoms with Crippen LogP contribution in [0.25, 0.3) is 22.0 Å². The first-order valence-electron chi connectivity index (χ1n) is 7.71. The van der Waals surface area contributed by atoms with E-state index in [-0.39, 0.29) is 5.60 Å². The second kappa shape index (κ2) is 4.62. The molecule has 1 aromatic heterocycles. The largest absolute Gasteiger partial charge is 0.487 e. The van der Waals surface area contributed by atoms with Crippen LogP contribution in [0.3, 0.4) is 0 Å². The summed E-state index contributed by atoms with van der Waals surface area (Å²) in [4.78, 5) is 4.52. The lowest BCUT2D eigenvalue weighted by molar-refractivity contribution is 0.139. The monoisotopic (exact) mass is 305 g/mol. The molecule has 0 spiro atoms. The topological polar surface area (TPSA) is 74.2 Å². The molecule has 116 valence electrons. The van der Waals surface area contributed by atoms with E-state index in [9.17, 15) is 0 Å². The van der Waals surface area contributed by atoms with Gasteiger partial charge < -0.3 is 16.2 Å². The van der Waals surface area contributed by atoms with Gasteiger partial charge in [0, 0.05) is 28.6 Å². The number of ether oxygens (including phenoxy) is 1. The van der Waals surface area contributed by atoms with E-state index in [1.165, 1.54) is 5.56 Å². The first-order valence-corrected chi connectivity index (χ1v) is 7.71. The molecule has 0 radical (unpaired) electrons. The van der Waals surface area contributed by atoms with Crippen LogP contribution in [0, 0.1) is 0 Å². The molecule has 0 atom stereocenters. The Balaban J connectivity index is 1.97. The van der Waals surface area contributed by atoms with E-state index in [1.807, 2.05) is 36.4 Å². The number of anilines is 2. The molecule has 0 aliphatic carbocycles. The fourth-order valence-corrected chi connectivity index (χ4v) is 3.28. The Morgan fingerprint density at radius 2 is 1.83 bits per heavy atom. The molecule has 1 aliphatic rings. The van der Waals surface area contributed by atoms with E-state index in [0.29, 0.717) is 11.5 Å². The molecular weight excluding hydrogens is 286 g/mol. The minimum atomic E-state index is -0.198. The molecule has 0 fully saturated rings. The van der Waals surface area contributed by atoms with Crippen LogP contribution in [0.1, 0.15) is 19.4 Å². The van der Waals surface area contributed by atoms with Crippen LogP contribution in [-0.4, -0.2) is 10.6 Å². The molecule has 0 unspecified atom stereocenters. The van der Waals surface area contributed by atoms with Crippen LogP contribution in [0.15, 0.2) is 42.5 Å². The fourth-order valence-electron chi connectivity index (χ4n) is 3.28. The van der Waals surface area contributed by atoms with E-state index in [0.717, 1.165) is 34.2 Å². The molecule has 4 rings (SSSR count). The van der Waals surface area contributed by atoms with Gasteiger partial charge in [0.05, 0.1) is 5.52 Å². The minimum Gasteiger partial charge on any atom is -0.487 e. The van der Waals surface area contributed by atoms with Gasteiger partial charge >= 0.3 is 0 Å². The number of pyridine rings is 1. The Morgan fingerprint density at radius 3 is 2.65 bits per heavy atom. The van der Waals surface area contributed by atoms with Gasteiger partial charge in [-0.1, -0.05) is 24.3 Å². The average Bonchev–Trinajstić information content (AvgIpc) is 2.81. The third-order valence-corrected chi connectivity index (χ3v) is 4.30. The molecule has 1 aliphatic heterocycles. The number of nitrogen functional groups attached to an aromatic ring is 2. The first kappa shape index (κ1) is 13.9. The molecule has 4 N–H and O–H groups in total. The summed E-state index contributed by atoms with van der Waals surface area (Å²) in [6.07, 6.45) is 0.888. The third kappa shape index (κ3) is 2.18. The van der Waals surface area contributed by atoms with Crippen molar-refractivity contribution < 1.29 is 4.74 Å². The summed E-state index contributed by atoms with van der Waals surface area (Å²) in [5, 5.41) is 0.909. The Bertz CT molecular complexity index is 931. The highest BCUT2D eigenvalue weighted by Crippen LogP contribution is 2.44. The van der Waals surface area contributed by atoms with Gasteiger partial charge in [0.25, 0.3) is 0 Å². The third-order valence-electron chi connectivity index (χ3n) is 4.30. The van der Waals surface area contributed by atoms with Crippen LogP contribution < -0.4 is 16.2 Å². The quantitative estimate of drug-likeness (QED) is 0.671. The molecule has 2 heterocycles. The summed E-state index contributed by atoms with van der Waals surface area (Å²) >= 11 is 0. The zero-order valence-corrected chi connectivity index (χ0v) is 13.3. The summed E-state index contributed by atoms with van der Waals surface area (Å²) in [6.45, 7) is 4.19. The lowest BCUT2D eigenvalue weighted by Gasteiger charge is -2.18. The van der Waals surface area contributed by atoms with Gasteiger partial charge in [0.1, 0.15) is 17.2 Å². The predicted octanol–water partition coefficient (Wildman–Crippen LogP) is 3.78. The van der Waals surface area contributed by atoms with Crippen molar-refractivity contribution in [3.05, 3.63) is 48.0 Å². The number of fused-ring (bicyclic) bond motifs is 2. The number of nitrogens with zero attached hydrogens (tertiary/aromatic N) is 1. The van der Waals surface area contributed by atoms with Crippen molar-refractivity contribution in [1.29, 1.82) is 0 Å². The highest BCUT2D eigenvalue weighted by atomic mass is 16.5. The minimum absolute atomic E-state index is 0.198. The van der Waals surface area contributed by atoms with Crippen molar-refractivity contribution in [2.24, 2.45) is 0 Å². The summed E-state index contributed by atoms with van der Waals surface area (Å²) in [7, 11) is 0. The summed E-state index contributed by atoms with van der Waals surface area (Å²) < 4.78 is 6.16. The molecule has 4 heteroatoms. The second-order valence-electron chi connectivity index (χ2n) is 6.67. The number of hydrogen-bond donors (Lipinski definition) is 2. The standard InChI is InChI=1S/C19H19N3O/c1-19(2)10-11-5-3-6-12(17(11)23-19)13-9-14-15(20)7-4-8-16(14)22-18(13)21/h3-9H,10,20H2,1-2H3,(H2,21,22). The van der Waals surface area contributed by atoms with Gasteiger partial charge in [-0.2, -0.15) is 0 Å². The van der Waals surface area contributed by atoms with Gasteiger partial charge in [0.2, 0.25) is 0 Å². The zero-order chi connectivity index (χ0) is 16.2. The molecule has 0 amide bonds. The van der Waals surface area contributed by atoms with Gasteiger partial charge in [-0.3, -0.25) is 0 Å². The number of aromatic nitrogens is 1. The lowest BCUT2D eigenvalue weighted by Crippen LogP contribution is -2.24. The average molecular weight is 305 g/mol. The van der Waals surface area contributed by atoms with Gasteiger partial charge in [-0.15, -0.1) is 0 Å². The van der Waals surface area contributed by atoms with Crippen LogP contribution in [0.2, 0.25) is 0 Å². The smallest absolute Gasteiger partial charge is 0.132 e. The van der Waals surface area contributed by atoms with Gasteiger partial charge in [0.15, 0.2) is 0 Å². The Labute approximate surface area is 135 Å². The van der Waals surface area contributed by atoms with Crippen LogP contribution in [0.5, 0.6) is 5.75 Å².